The molecule has 4 aliphatic heterocycles. The van der Waals surface area contributed by atoms with Crippen LogP contribution in [0.4, 0.5) is 23.4 Å². The first-order chi connectivity index (χ1) is 19.7. The quantitative estimate of drug-likeness (QED) is 0.416. The van der Waals surface area contributed by atoms with Gasteiger partial charge in [0.2, 0.25) is 0 Å². The molecule has 0 amide bonds. The van der Waals surface area contributed by atoms with Crippen molar-refractivity contribution in [2.24, 2.45) is 0 Å². The molecule has 6 heterocycles. The number of hydrogen-bond acceptors (Lipinski definition) is 9. The van der Waals surface area contributed by atoms with E-state index in [1.807, 2.05) is 0 Å². The Balaban J connectivity index is 1.33. The van der Waals surface area contributed by atoms with E-state index in [2.05, 4.69) is 29.8 Å². The third kappa shape index (κ3) is 4.78. The third-order valence-electron chi connectivity index (χ3n) is 8.91. The summed E-state index contributed by atoms with van der Waals surface area (Å²) in [5, 5.41) is 14.4. The van der Waals surface area contributed by atoms with Crippen molar-refractivity contribution in [2.45, 2.75) is 62.5 Å². The van der Waals surface area contributed by atoms with Gasteiger partial charge in [-0.25, -0.2) is 4.39 Å². The van der Waals surface area contributed by atoms with Crippen LogP contribution < -0.4 is 19.7 Å². The molecule has 13 heteroatoms. The standard InChI is InChI=1S/C28H30F4N6O3/c29-22-23-18(12-33-24(22)21-19(39)4-1-5-20(21)41-28(30,31)32)25(37-13-16-6-7-17(14-37)34-16)36-26(35-23)40-15-27-8-2-10-38(27)11-3-9-27/h1,4-5,12,16-17,34,39H,2-3,6-11,13-15H2. The molecule has 218 valence electrons. The molecular weight excluding hydrogens is 544 g/mol. The molecule has 0 saturated carbocycles. The highest BCUT2D eigenvalue weighted by Gasteiger charge is 2.45. The zero-order valence-corrected chi connectivity index (χ0v) is 22.3. The van der Waals surface area contributed by atoms with E-state index >= 15 is 4.39 Å². The van der Waals surface area contributed by atoms with Gasteiger partial charge >= 0.3 is 12.4 Å². The van der Waals surface area contributed by atoms with Crippen LogP contribution >= 0.6 is 0 Å². The number of halogens is 4. The molecule has 2 atom stereocenters. The Kier molecular flexibility index (Phi) is 6.34. The van der Waals surface area contributed by atoms with Gasteiger partial charge in [-0.3, -0.25) is 9.88 Å². The topological polar surface area (TPSA) is 95.9 Å². The van der Waals surface area contributed by atoms with Crippen LogP contribution in [0.3, 0.4) is 0 Å². The Morgan fingerprint density at radius 1 is 1.07 bits per heavy atom. The number of alkyl halides is 3. The summed E-state index contributed by atoms with van der Waals surface area (Å²) < 4.78 is 66.0. The summed E-state index contributed by atoms with van der Waals surface area (Å²) in [6.07, 6.45) is 2.53. The number of phenolic OH excluding ortho intramolecular Hbond substituents is 1. The second kappa shape index (κ2) is 9.83. The van der Waals surface area contributed by atoms with Crippen LogP contribution in [0.25, 0.3) is 22.2 Å². The molecule has 0 spiro atoms. The predicted octanol–water partition coefficient (Wildman–Crippen LogP) is 4.38. The lowest BCUT2D eigenvalue weighted by atomic mass is 9.95. The van der Waals surface area contributed by atoms with Crippen LogP contribution in [0.2, 0.25) is 0 Å². The first kappa shape index (κ1) is 26.4. The Morgan fingerprint density at radius 3 is 2.51 bits per heavy atom. The van der Waals surface area contributed by atoms with E-state index < -0.39 is 34.9 Å². The van der Waals surface area contributed by atoms with E-state index in [-0.39, 0.29) is 29.1 Å². The molecule has 2 N–H and O–H groups in total. The number of pyridine rings is 1. The summed E-state index contributed by atoms with van der Waals surface area (Å²) in [6.45, 7) is 3.72. The number of rotatable bonds is 6. The van der Waals surface area contributed by atoms with Crippen LogP contribution in [-0.4, -0.2) is 81.7 Å². The summed E-state index contributed by atoms with van der Waals surface area (Å²) in [5.74, 6) is -1.90. The van der Waals surface area contributed by atoms with E-state index in [0.29, 0.717) is 30.9 Å². The molecule has 7 rings (SSSR count). The van der Waals surface area contributed by atoms with Crippen LogP contribution in [0.5, 0.6) is 17.5 Å². The maximum absolute atomic E-state index is 16.3. The fourth-order valence-corrected chi connectivity index (χ4v) is 7.10. The number of hydrogen-bond donors (Lipinski definition) is 2. The smallest absolute Gasteiger partial charge is 0.507 e. The number of benzene rings is 1. The number of piperazine rings is 1. The fourth-order valence-electron chi connectivity index (χ4n) is 7.10. The van der Waals surface area contributed by atoms with Gasteiger partial charge < -0.3 is 24.8 Å². The first-order valence-electron chi connectivity index (χ1n) is 14.0. The molecule has 4 aliphatic rings. The Hall–Kier alpha value is -3.45. The van der Waals surface area contributed by atoms with E-state index in [1.54, 1.807) is 0 Å². The molecule has 1 aromatic carbocycles. The number of ether oxygens (including phenoxy) is 2. The average Bonchev–Trinajstić information content (AvgIpc) is 3.61. The van der Waals surface area contributed by atoms with Gasteiger partial charge in [0.15, 0.2) is 5.82 Å². The molecule has 2 aromatic heterocycles. The minimum atomic E-state index is -5.05. The summed E-state index contributed by atoms with van der Waals surface area (Å²) >= 11 is 0. The molecule has 4 fully saturated rings. The lowest BCUT2D eigenvalue weighted by molar-refractivity contribution is -0.274. The summed E-state index contributed by atoms with van der Waals surface area (Å²) in [6, 6.07) is 3.87. The van der Waals surface area contributed by atoms with Crippen molar-refractivity contribution in [1.82, 2.24) is 25.2 Å². The second-order valence-electron chi connectivity index (χ2n) is 11.5. The second-order valence-corrected chi connectivity index (χ2v) is 11.5. The minimum absolute atomic E-state index is 0.00611. The van der Waals surface area contributed by atoms with E-state index in [1.165, 1.54) is 12.3 Å². The van der Waals surface area contributed by atoms with Gasteiger partial charge in [0.1, 0.15) is 35.1 Å². The van der Waals surface area contributed by atoms with Crippen LogP contribution in [0.15, 0.2) is 24.4 Å². The summed E-state index contributed by atoms with van der Waals surface area (Å²) in [5.41, 5.74) is -1.26. The number of aromatic nitrogens is 3. The number of nitrogens with zero attached hydrogens (tertiary/aromatic N) is 5. The van der Waals surface area contributed by atoms with Gasteiger partial charge in [-0.05, 0) is 63.7 Å². The van der Waals surface area contributed by atoms with Gasteiger partial charge in [0, 0.05) is 31.4 Å². The average molecular weight is 575 g/mol. The molecule has 0 aliphatic carbocycles. The monoisotopic (exact) mass is 574 g/mol. The van der Waals surface area contributed by atoms with Gasteiger partial charge in [-0.15, -0.1) is 13.2 Å². The molecule has 3 aromatic rings. The largest absolute Gasteiger partial charge is 0.573 e. The predicted molar refractivity (Wildman–Crippen MR) is 142 cm³/mol. The number of anilines is 1. The minimum Gasteiger partial charge on any atom is -0.507 e. The molecule has 9 nitrogen and oxygen atoms in total. The van der Waals surface area contributed by atoms with Gasteiger partial charge in [0.25, 0.3) is 0 Å². The maximum Gasteiger partial charge on any atom is 0.573 e. The van der Waals surface area contributed by atoms with Crippen LogP contribution in [-0.2, 0) is 0 Å². The fraction of sp³-hybridized carbons (Fsp3) is 0.536. The van der Waals surface area contributed by atoms with Crippen molar-refractivity contribution in [3.05, 3.63) is 30.2 Å². The SMILES string of the molecule is Oc1cccc(OC(F)(F)F)c1-c1ncc2c(N3CC4CCC(C3)N4)nc(OCC34CCCN3CCC4)nc2c1F. The lowest BCUT2D eigenvalue weighted by Crippen LogP contribution is -2.51. The number of aromatic hydroxyl groups is 1. The van der Waals surface area contributed by atoms with Gasteiger partial charge in [-0.1, -0.05) is 6.07 Å². The van der Waals surface area contributed by atoms with Crippen molar-refractivity contribution in [3.63, 3.8) is 0 Å². The summed E-state index contributed by atoms with van der Waals surface area (Å²) in [7, 11) is 0. The highest BCUT2D eigenvalue weighted by Crippen LogP contribution is 2.43. The van der Waals surface area contributed by atoms with Crippen molar-refractivity contribution in [3.8, 4) is 28.8 Å². The van der Waals surface area contributed by atoms with Gasteiger partial charge in [-0.2, -0.15) is 9.97 Å². The molecule has 0 radical (unpaired) electrons. The third-order valence-corrected chi connectivity index (χ3v) is 8.91. The van der Waals surface area contributed by atoms with Crippen LogP contribution in [0, 0.1) is 5.82 Å². The highest BCUT2D eigenvalue weighted by molar-refractivity contribution is 5.93. The lowest BCUT2D eigenvalue weighted by Gasteiger charge is -2.34. The maximum atomic E-state index is 16.3. The molecular formula is C28H30F4N6O3. The number of fused-ring (bicyclic) bond motifs is 4. The van der Waals surface area contributed by atoms with E-state index in [0.717, 1.165) is 63.7 Å². The zero-order chi connectivity index (χ0) is 28.4. The molecule has 2 unspecified atom stereocenters. The molecule has 2 bridgehead atoms. The van der Waals surface area contributed by atoms with Crippen molar-refractivity contribution >= 4 is 16.7 Å². The Bertz CT molecular complexity index is 1470. The Morgan fingerprint density at radius 2 is 1.80 bits per heavy atom. The van der Waals surface area contributed by atoms with E-state index in [4.69, 9.17) is 9.72 Å². The number of phenols is 1. The Labute approximate surface area is 233 Å². The van der Waals surface area contributed by atoms with Crippen molar-refractivity contribution < 1.29 is 32.1 Å². The van der Waals surface area contributed by atoms with Crippen molar-refractivity contribution in [2.75, 3.05) is 37.7 Å². The first-order valence-corrected chi connectivity index (χ1v) is 14.0. The normalized spacial score (nSPS) is 23.8. The highest BCUT2D eigenvalue weighted by atomic mass is 19.4. The number of nitrogens with one attached hydrogen (secondary N) is 1. The van der Waals surface area contributed by atoms with E-state index in [9.17, 15) is 18.3 Å². The summed E-state index contributed by atoms with van der Waals surface area (Å²) in [4.78, 5) is 17.8. The van der Waals surface area contributed by atoms with Crippen molar-refractivity contribution in [1.29, 1.82) is 0 Å². The van der Waals surface area contributed by atoms with Gasteiger partial charge in [0.05, 0.1) is 16.5 Å². The zero-order valence-electron chi connectivity index (χ0n) is 22.3. The molecule has 41 heavy (non-hydrogen) atoms. The molecule has 4 saturated heterocycles. The van der Waals surface area contributed by atoms with Crippen LogP contribution in [0.1, 0.15) is 38.5 Å².